The van der Waals surface area contributed by atoms with Gasteiger partial charge in [-0.3, -0.25) is 4.79 Å². The Bertz CT molecular complexity index is 299. The number of hydrogen-bond donors (Lipinski definition) is 2. The summed E-state index contributed by atoms with van der Waals surface area (Å²) in [5.41, 5.74) is 1.20. The molecule has 0 saturated heterocycles. The van der Waals surface area contributed by atoms with Gasteiger partial charge in [0.05, 0.1) is 5.69 Å². The quantitative estimate of drug-likeness (QED) is 0.724. The molecule has 1 aromatic rings. The fourth-order valence-electron chi connectivity index (χ4n) is 1.04. The molecule has 0 aliphatic carbocycles. The number of carbonyl (C=O) groups is 1. The molecule has 4 heteroatoms. The maximum absolute atomic E-state index is 11.3. The molecule has 0 atom stereocenters. The lowest BCUT2D eigenvalue weighted by Crippen LogP contribution is -2.21. The van der Waals surface area contributed by atoms with E-state index in [9.17, 15) is 4.79 Å². The Hall–Kier alpha value is -1.58. The highest BCUT2D eigenvalue weighted by molar-refractivity contribution is 5.97. The molecule has 0 aliphatic rings. The largest absolute Gasteiger partial charge is 0.383 e. The summed E-state index contributed by atoms with van der Waals surface area (Å²) in [6, 6.07) is 3.63. The van der Waals surface area contributed by atoms with Crippen molar-refractivity contribution in [3.8, 4) is 0 Å². The minimum absolute atomic E-state index is 0.170. The molecule has 70 valence electrons. The van der Waals surface area contributed by atoms with Crippen molar-refractivity contribution in [2.45, 2.75) is 6.92 Å². The molecule has 1 aromatic heterocycles. The predicted molar refractivity (Wildman–Crippen MR) is 51.8 cm³/mol. The first-order chi connectivity index (χ1) is 6.29. The zero-order valence-electron chi connectivity index (χ0n) is 7.79. The predicted octanol–water partition coefficient (Wildman–Crippen LogP) is 0.873. The highest BCUT2D eigenvalue weighted by atomic mass is 16.1. The fourth-order valence-corrected chi connectivity index (χ4v) is 1.04. The van der Waals surface area contributed by atoms with E-state index < -0.39 is 0 Å². The molecule has 0 fully saturated rings. The Morgan fingerprint density at radius 3 is 3.00 bits per heavy atom. The topological polar surface area (TPSA) is 54.0 Å². The Balaban J connectivity index is 2.97. The van der Waals surface area contributed by atoms with Gasteiger partial charge in [0.15, 0.2) is 5.69 Å². The van der Waals surface area contributed by atoms with Crippen molar-refractivity contribution >= 4 is 11.6 Å². The van der Waals surface area contributed by atoms with Gasteiger partial charge in [-0.05, 0) is 19.1 Å². The molecule has 0 radical (unpaired) electrons. The van der Waals surface area contributed by atoms with Gasteiger partial charge in [-0.2, -0.15) is 0 Å². The number of carbonyl (C=O) groups excluding carboxylic acids is 1. The number of amides is 1. The number of rotatable bonds is 3. The van der Waals surface area contributed by atoms with Gasteiger partial charge in [-0.25, -0.2) is 4.98 Å². The SMILES string of the molecule is CCNc1cccnc1C(=O)NC. The molecule has 1 amide bonds. The van der Waals surface area contributed by atoms with E-state index in [-0.39, 0.29) is 5.91 Å². The number of pyridine rings is 1. The van der Waals surface area contributed by atoms with Crippen LogP contribution in [0, 0.1) is 0 Å². The molecule has 2 N–H and O–H groups in total. The van der Waals surface area contributed by atoms with Crippen LogP contribution in [-0.4, -0.2) is 24.5 Å². The van der Waals surface area contributed by atoms with E-state index in [1.807, 2.05) is 13.0 Å². The second kappa shape index (κ2) is 4.45. The van der Waals surface area contributed by atoms with E-state index >= 15 is 0 Å². The average molecular weight is 179 g/mol. The van der Waals surface area contributed by atoms with Crippen LogP contribution in [0.2, 0.25) is 0 Å². The van der Waals surface area contributed by atoms with Crippen molar-refractivity contribution in [1.82, 2.24) is 10.3 Å². The molecule has 0 unspecified atom stereocenters. The summed E-state index contributed by atoms with van der Waals surface area (Å²) in [5.74, 6) is -0.170. The second-order valence-corrected chi connectivity index (χ2v) is 2.51. The average Bonchev–Trinajstić information content (AvgIpc) is 2.18. The fraction of sp³-hybridized carbons (Fsp3) is 0.333. The Kier molecular flexibility index (Phi) is 3.25. The van der Waals surface area contributed by atoms with Crippen LogP contribution >= 0.6 is 0 Å². The third kappa shape index (κ3) is 2.18. The third-order valence-corrected chi connectivity index (χ3v) is 1.62. The Labute approximate surface area is 77.4 Å². The van der Waals surface area contributed by atoms with Gasteiger partial charge >= 0.3 is 0 Å². The number of aromatic nitrogens is 1. The highest BCUT2D eigenvalue weighted by Gasteiger charge is 2.09. The van der Waals surface area contributed by atoms with E-state index in [0.717, 1.165) is 12.2 Å². The van der Waals surface area contributed by atoms with Gasteiger partial charge in [0.25, 0.3) is 5.91 Å². The number of anilines is 1. The van der Waals surface area contributed by atoms with Crippen LogP contribution < -0.4 is 10.6 Å². The maximum atomic E-state index is 11.3. The summed E-state index contributed by atoms with van der Waals surface area (Å²) in [6.07, 6.45) is 1.60. The van der Waals surface area contributed by atoms with Crippen molar-refractivity contribution in [2.24, 2.45) is 0 Å². The summed E-state index contributed by atoms with van der Waals surface area (Å²) >= 11 is 0. The van der Waals surface area contributed by atoms with Crippen molar-refractivity contribution in [3.63, 3.8) is 0 Å². The van der Waals surface area contributed by atoms with Crippen molar-refractivity contribution in [1.29, 1.82) is 0 Å². The van der Waals surface area contributed by atoms with Gasteiger partial charge in [0.1, 0.15) is 0 Å². The van der Waals surface area contributed by atoms with Gasteiger partial charge in [-0.1, -0.05) is 0 Å². The van der Waals surface area contributed by atoms with E-state index in [1.54, 1.807) is 19.3 Å². The molecule has 13 heavy (non-hydrogen) atoms. The zero-order valence-corrected chi connectivity index (χ0v) is 7.79. The number of nitrogens with one attached hydrogen (secondary N) is 2. The lowest BCUT2D eigenvalue weighted by atomic mass is 10.3. The van der Waals surface area contributed by atoms with Crippen LogP contribution in [0.3, 0.4) is 0 Å². The Morgan fingerprint density at radius 2 is 2.38 bits per heavy atom. The third-order valence-electron chi connectivity index (χ3n) is 1.62. The van der Waals surface area contributed by atoms with Crippen LogP contribution in [0.25, 0.3) is 0 Å². The normalized spacial score (nSPS) is 9.38. The van der Waals surface area contributed by atoms with Crippen LogP contribution in [0.15, 0.2) is 18.3 Å². The van der Waals surface area contributed by atoms with E-state index in [0.29, 0.717) is 5.69 Å². The number of nitrogens with zero attached hydrogens (tertiary/aromatic N) is 1. The molecule has 4 nitrogen and oxygen atoms in total. The Morgan fingerprint density at radius 1 is 1.62 bits per heavy atom. The zero-order chi connectivity index (χ0) is 9.68. The molecule has 1 heterocycles. The molecule has 1 rings (SSSR count). The summed E-state index contributed by atoms with van der Waals surface area (Å²) in [6.45, 7) is 2.75. The lowest BCUT2D eigenvalue weighted by Gasteiger charge is -2.07. The van der Waals surface area contributed by atoms with Crippen molar-refractivity contribution in [2.75, 3.05) is 18.9 Å². The molecule has 0 aliphatic heterocycles. The molecule has 0 spiro atoms. The maximum Gasteiger partial charge on any atom is 0.271 e. The summed E-state index contributed by atoms with van der Waals surface area (Å²) in [7, 11) is 1.59. The second-order valence-electron chi connectivity index (χ2n) is 2.51. The lowest BCUT2D eigenvalue weighted by molar-refractivity contribution is 0.0959. The molecule has 0 aromatic carbocycles. The molecule has 0 bridgehead atoms. The summed E-state index contributed by atoms with van der Waals surface area (Å²) < 4.78 is 0. The first-order valence-electron chi connectivity index (χ1n) is 4.20. The van der Waals surface area contributed by atoms with Crippen molar-refractivity contribution in [3.05, 3.63) is 24.0 Å². The highest BCUT2D eigenvalue weighted by Crippen LogP contribution is 2.10. The standard InChI is InChI=1S/C9H13N3O/c1-3-11-7-5-4-6-12-8(7)9(13)10-2/h4-6,11H,3H2,1-2H3,(H,10,13). The monoisotopic (exact) mass is 179 g/mol. The van der Waals surface area contributed by atoms with Crippen LogP contribution in [0.4, 0.5) is 5.69 Å². The van der Waals surface area contributed by atoms with Crippen LogP contribution in [-0.2, 0) is 0 Å². The summed E-state index contributed by atoms with van der Waals surface area (Å²) in [4.78, 5) is 15.3. The van der Waals surface area contributed by atoms with Gasteiger partial charge in [-0.15, -0.1) is 0 Å². The van der Waals surface area contributed by atoms with E-state index in [1.165, 1.54) is 0 Å². The van der Waals surface area contributed by atoms with Gasteiger partial charge in [0, 0.05) is 19.8 Å². The molecular weight excluding hydrogens is 166 g/mol. The van der Waals surface area contributed by atoms with Gasteiger partial charge < -0.3 is 10.6 Å². The van der Waals surface area contributed by atoms with Gasteiger partial charge in [0.2, 0.25) is 0 Å². The minimum Gasteiger partial charge on any atom is -0.383 e. The molecule has 0 saturated carbocycles. The number of hydrogen-bond acceptors (Lipinski definition) is 3. The van der Waals surface area contributed by atoms with Crippen molar-refractivity contribution < 1.29 is 4.79 Å². The molecular formula is C9H13N3O. The van der Waals surface area contributed by atoms with Crippen LogP contribution in [0.1, 0.15) is 17.4 Å². The van der Waals surface area contributed by atoms with E-state index in [2.05, 4.69) is 15.6 Å². The first-order valence-corrected chi connectivity index (χ1v) is 4.20. The van der Waals surface area contributed by atoms with E-state index in [4.69, 9.17) is 0 Å². The smallest absolute Gasteiger partial charge is 0.271 e. The summed E-state index contributed by atoms with van der Waals surface area (Å²) in [5, 5.41) is 5.61. The van der Waals surface area contributed by atoms with Crippen LogP contribution in [0.5, 0.6) is 0 Å². The first kappa shape index (κ1) is 9.51. The minimum atomic E-state index is -0.170.